The molecule has 1 N–H and O–H groups in total. The third-order valence-corrected chi connectivity index (χ3v) is 7.59. The first kappa shape index (κ1) is 36.6. The molecule has 1 atom stereocenters. The molecule has 0 fully saturated rings. The van der Waals surface area contributed by atoms with Crippen LogP contribution in [-0.4, -0.2) is 66.7 Å². The largest absolute Gasteiger partial charge is 0.569 e. The van der Waals surface area contributed by atoms with Crippen molar-refractivity contribution in [1.82, 2.24) is 19.5 Å². The Morgan fingerprint density at radius 1 is 1.11 bits per heavy atom. The van der Waals surface area contributed by atoms with Gasteiger partial charge in [-0.1, -0.05) is 29.8 Å². The lowest BCUT2D eigenvalue weighted by Gasteiger charge is -2.19. The quantitative estimate of drug-likeness (QED) is 0.0656. The van der Waals surface area contributed by atoms with Gasteiger partial charge >= 0.3 is 18.2 Å². The van der Waals surface area contributed by atoms with Crippen molar-refractivity contribution in [3.05, 3.63) is 71.1 Å². The molecular formula is C29H35F3N6O8S. The van der Waals surface area contributed by atoms with E-state index in [1.54, 1.807) is 49.8 Å². The van der Waals surface area contributed by atoms with Gasteiger partial charge in [0.05, 0.1) is 46.9 Å². The maximum atomic E-state index is 13.5. The predicted molar refractivity (Wildman–Crippen MR) is 160 cm³/mol. The zero-order valence-corrected chi connectivity index (χ0v) is 27.3. The number of amides is 1. The molecule has 0 aliphatic heterocycles. The highest BCUT2D eigenvalue weighted by Crippen LogP contribution is 2.33. The zero-order chi connectivity index (χ0) is 35.2. The van der Waals surface area contributed by atoms with E-state index in [1.807, 2.05) is 6.92 Å². The molecule has 0 radical (unpaired) electrons. The van der Waals surface area contributed by atoms with Crippen molar-refractivity contribution in [3.63, 3.8) is 0 Å². The van der Waals surface area contributed by atoms with Crippen molar-refractivity contribution >= 4 is 22.1 Å². The van der Waals surface area contributed by atoms with E-state index in [-0.39, 0.29) is 40.8 Å². The second-order valence-electron chi connectivity index (χ2n) is 11.3. The number of hydrogen-bond donors (Lipinski definition) is 1. The normalized spacial score (nSPS) is 13.1. The highest BCUT2D eigenvalue weighted by atomic mass is 32.2. The Balaban J connectivity index is 1.56. The van der Waals surface area contributed by atoms with Crippen LogP contribution in [0.2, 0.25) is 0 Å². The first-order valence-corrected chi connectivity index (χ1v) is 15.6. The molecule has 1 heterocycles. The Morgan fingerprint density at radius 3 is 2.30 bits per heavy atom. The maximum absolute atomic E-state index is 13.5. The molecule has 14 nitrogen and oxygen atoms in total. The summed E-state index contributed by atoms with van der Waals surface area (Å²) in [6, 6.07) is 12.4. The summed E-state index contributed by atoms with van der Waals surface area (Å²) in [7, 11) is -3.06. The molecule has 0 saturated carbocycles. The molecule has 3 rings (SSSR count). The zero-order valence-electron chi connectivity index (χ0n) is 26.4. The van der Waals surface area contributed by atoms with Crippen molar-refractivity contribution in [2.24, 2.45) is 10.7 Å². The molecule has 1 amide bonds. The minimum atomic E-state index is -4.71. The van der Waals surface area contributed by atoms with Gasteiger partial charge in [0, 0.05) is 18.9 Å². The van der Waals surface area contributed by atoms with Gasteiger partial charge in [-0.25, -0.2) is 22.6 Å². The van der Waals surface area contributed by atoms with E-state index in [4.69, 9.17) is 14.3 Å². The van der Waals surface area contributed by atoms with Crippen LogP contribution in [-0.2, 0) is 35.3 Å². The SMILES string of the molecule is Cc1ccc(-c2cc(C(F)(F)F)nn2-c2ccc(S(=O)(=O)NC(=O)OCCCN(C)/[N+]([O-])=N/OC(C)OC(=O)C(C)(C)C)cc2)cc1. The van der Waals surface area contributed by atoms with E-state index < -0.39 is 45.7 Å². The first-order valence-electron chi connectivity index (χ1n) is 14.1. The predicted octanol–water partition coefficient (Wildman–Crippen LogP) is 5.35. The standard InChI is InChI=1S/C29H35F3N6O8S/c1-19-8-10-21(11-9-19)24-18-25(29(30,31)32)33-37(24)22-12-14-23(15-13-22)47(42,43)34-27(40)44-17-7-16-36(6)38(41)35-46-20(2)45-26(39)28(3,4)5/h8-15,18,20H,7,16-17H2,1-6H3,(H,34,40)/b38-35-. The number of rotatable bonds is 12. The highest BCUT2D eigenvalue weighted by Gasteiger charge is 2.35. The summed E-state index contributed by atoms with van der Waals surface area (Å²) >= 11 is 0. The summed E-state index contributed by atoms with van der Waals surface area (Å²) in [6.45, 7) is 7.89. The summed E-state index contributed by atoms with van der Waals surface area (Å²) < 4.78 is 78.6. The molecule has 0 spiro atoms. The van der Waals surface area contributed by atoms with Gasteiger partial charge in [0.2, 0.25) is 5.28 Å². The molecule has 47 heavy (non-hydrogen) atoms. The van der Waals surface area contributed by atoms with Crippen LogP contribution in [0.4, 0.5) is 18.0 Å². The number of nitrogens with zero attached hydrogens (tertiary/aromatic N) is 5. The van der Waals surface area contributed by atoms with Crippen LogP contribution in [0.5, 0.6) is 0 Å². The Morgan fingerprint density at radius 2 is 1.72 bits per heavy atom. The van der Waals surface area contributed by atoms with Gasteiger partial charge in [-0.05, 0) is 58.0 Å². The molecule has 1 aromatic heterocycles. The lowest BCUT2D eigenvalue weighted by atomic mass is 9.97. The van der Waals surface area contributed by atoms with Crippen LogP contribution in [0.25, 0.3) is 16.9 Å². The van der Waals surface area contributed by atoms with Crippen molar-refractivity contribution < 1.29 is 50.5 Å². The van der Waals surface area contributed by atoms with Gasteiger partial charge in [0.25, 0.3) is 16.3 Å². The number of hydrazine groups is 1. The number of alkyl halides is 3. The van der Waals surface area contributed by atoms with E-state index in [1.165, 1.54) is 26.1 Å². The molecule has 18 heteroatoms. The Hall–Kier alpha value is -4.87. The number of benzene rings is 2. The number of ether oxygens (including phenoxy) is 2. The Bertz CT molecular complexity index is 1690. The molecule has 2 aromatic carbocycles. The van der Waals surface area contributed by atoms with Crippen LogP contribution >= 0.6 is 0 Å². The summed E-state index contributed by atoms with van der Waals surface area (Å²) in [4.78, 5) is 28.6. The van der Waals surface area contributed by atoms with Gasteiger partial charge in [0.15, 0.2) is 5.69 Å². The molecule has 0 aliphatic carbocycles. The molecule has 0 aliphatic rings. The van der Waals surface area contributed by atoms with E-state index >= 15 is 0 Å². The van der Waals surface area contributed by atoms with Crippen molar-refractivity contribution in [1.29, 1.82) is 0 Å². The van der Waals surface area contributed by atoms with Gasteiger partial charge in [-0.15, -0.1) is 5.01 Å². The summed E-state index contributed by atoms with van der Waals surface area (Å²) in [5, 5.41) is 20.1. The van der Waals surface area contributed by atoms with Crippen LogP contribution < -0.4 is 4.72 Å². The average Bonchev–Trinajstić information content (AvgIpc) is 3.44. The third kappa shape index (κ3) is 10.3. The number of halogens is 3. The van der Waals surface area contributed by atoms with Gasteiger partial charge in [-0.3, -0.25) is 9.63 Å². The van der Waals surface area contributed by atoms with Crippen LogP contribution in [0, 0.1) is 17.5 Å². The smallest absolute Gasteiger partial charge is 0.435 e. The van der Waals surface area contributed by atoms with Crippen LogP contribution in [0.1, 0.15) is 45.4 Å². The minimum absolute atomic E-state index is 0.0159. The lowest BCUT2D eigenvalue weighted by Crippen LogP contribution is -2.33. The van der Waals surface area contributed by atoms with Gasteiger partial charge < -0.3 is 14.7 Å². The Labute approximate surface area is 269 Å². The number of aryl methyl sites for hydroxylation is 1. The van der Waals surface area contributed by atoms with E-state index in [9.17, 15) is 36.4 Å². The van der Waals surface area contributed by atoms with E-state index in [2.05, 4.69) is 10.4 Å². The topological polar surface area (TPSA) is 167 Å². The number of hydrogen-bond acceptors (Lipinski definition) is 10. The fourth-order valence-corrected chi connectivity index (χ4v) is 4.56. The highest BCUT2D eigenvalue weighted by molar-refractivity contribution is 7.90. The molecule has 256 valence electrons. The number of carbonyl (C=O) groups excluding carboxylic acids is 2. The van der Waals surface area contributed by atoms with Crippen molar-refractivity contribution in [2.75, 3.05) is 20.2 Å². The number of aromatic nitrogens is 2. The summed E-state index contributed by atoms with van der Waals surface area (Å²) in [5.41, 5.74) is -0.251. The molecule has 0 bridgehead atoms. The lowest BCUT2D eigenvalue weighted by molar-refractivity contribution is -0.707. The molecule has 0 saturated heterocycles. The van der Waals surface area contributed by atoms with Crippen LogP contribution in [0.3, 0.4) is 0 Å². The van der Waals surface area contributed by atoms with Crippen molar-refractivity contribution in [3.8, 4) is 16.9 Å². The monoisotopic (exact) mass is 684 g/mol. The minimum Gasteiger partial charge on any atom is -0.569 e. The molecular weight excluding hydrogens is 649 g/mol. The molecule has 3 aromatic rings. The second kappa shape index (κ2) is 14.7. The third-order valence-electron chi connectivity index (χ3n) is 6.26. The number of carbonyl (C=O) groups is 2. The van der Waals surface area contributed by atoms with E-state index in [0.29, 0.717) is 5.56 Å². The summed E-state index contributed by atoms with van der Waals surface area (Å²) in [5.74, 6) is -0.551. The van der Waals surface area contributed by atoms with Crippen LogP contribution in [0.15, 0.2) is 64.8 Å². The number of esters is 1. The first-order chi connectivity index (χ1) is 21.8. The second-order valence-corrected chi connectivity index (χ2v) is 13.0. The summed E-state index contributed by atoms with van der Waals surface area (Å²) in [6.07, 6.45) is -7.04. The number of sulfonamides is 1. The van der Waals surface area contributed by atoms with Gasteiger partial charge in [0.1, 0.15) is 0 Å². The fraction of sp³-hybridized carbons (Fsp3) is 0.414. The van der Waals surface area contributed by atoms with Crippen molar-refractivity contribution in [2.45, 2.75) is 58.4 Å². The van der Waals surface area contributed by atoms with Gasteiger partial charge in [-0.2, -0.15) is 18.3 Å². The van der Waals surface area contributed by atoms with E-state index in [0.717, 1.165) is 33.5 Å². The Kier molecular flexibility index (Phi) is 11.4. The maximum Gasteiger partial charge on any atom is 0.435 e. The molecule has 1 unspecified atom stereocenters. The average molecular weight is 685 g/mol. The fourth-order valence-electron chi connectivity index (χ4n) is 3.67. The number of nitrogens with one attached hydrogen (secondary N) is 1.